The van der Waals surface area contributed by atoms with Crippen LogP contribution in [-0.4, -0.2) is 62.0 Å². The highest BCUT2D eigenvalue weighted by Gasteiger charge is 2.34. The Morgan fingerprint density at radius 3 is 2.55 bits per heavy atom. The maximum absolute atomic E-state index is 12.9. The first-order valence-corrected chi connectivity index (χ1v) is 12.0. The largest absolute Gasteiger partial charge is 0.473 e. The number of halogens is 6. The molecule has 0 aliphatic carbocycles. The first-order chi connectivity index (χ1) is 17.9. The van der Waals surface area contributed by atoms with Crippen molar-refractivity contribution < 1.29 is 35.9 Å². The molecule has 0 unspecified atom stereocenters. The van der Waals surface area contributed by atoms with Crippen molar-refractivity contribution in [3.63, 3.8) is 0 Å². The molecular formula is C22H21F6N7O2S. The van der Waals surface area contributed by atoms with Gasteiger partial charge in [0.25, 0.3) is 5.91 Å². The van der Waals surface area contributed by atoms with Gasteiger partial charge in [-0.25, -0.2) is 15.0 Å². The average Bonchev–Trinajstić information content (AvgIpc) is 3.19. The second-order valence-electron chi connectivity index (χ2n) is 8.45. The number of carbonyl (C=O) groups excluding carboxylic acids is 1. The van der Waals surface area contributed by atoms with Crippen LogP contribution in [0.4, 0.5) is 42.8 Å². The highest BCUT2D eigenvalue weighted by Crippen LogP contribution is 2.30. The van der Waals surface area contributed by atoms with E-state index in [0.29, 0.717) is 37.0 Å². The van der Waals surface area contributed by atoms with Crippen molar-refractivity contribution in [2.75, 3.05) is 30.3 Å². The van der Waals surface area contributed by atoms with Crippen LogP contribution in [0.1, 0.15) is 34.6 Å². The molecule has 2 N–H and O–H groups in total. The summed E-state index contributed by atoms with van der Waals surface area (Å²) in [4.78, 5) is 25.4. The predicted octanol–water partition coefficient (Wildman–Crippen LogP) is 5.06. The van der Waals surface area contributed by atoms with Gasteiger partial charge in [0, 0.05) is 12.6 Å². The minimum atomic E-state index is -4.63. The lowest BCUT2D eigenvalue weighted by molar-refractivity contribution is -0.150. The lowest BCUT2D eigenvalue weighted by Crippen LogP contribution is -2.45. The molecule has 0 saturated carbocycles. The number of hydrogen-bond donors (Lipinski definition) is 2. The van der Waals surface area contributed by atoms with Crippen molar-refractivity contribution >= 4 is 33.9 Å². The summed E-state index contributed by atoms with van der Waals surface area (Å²) in [6, 6.07) is 3.02. The highest BCUT2D eigenvalue weighted by atomic mass is 32.1. The third-order valence-electron chi connectivity index (χ3n) is 5.42. The van der Waals surface area contributed by atoms with Crippen molar-refractivity contribution in [1.29, 1.82) is 0 Å². The number of anilines is 3. The van der Waals surface area contributed by atoms with E-state index in [1.165, 1.54) is 23.2 Å². The molecule has 1 amide bonds. The summed E-state index contributed by atoms with van der Waals surface area (Å²) in [6.07, 6.45) is -5.38. The molecule has 3 aromatic rings. The molecule has 0 bridgehead atoms. The maximum Gasteiger partial charge on any atom is 0.434 e. The Hall–Kier alpha value is -3.53. The Morgan fingerprint density at radius 1 is 1.13 bits per heavy atom. The van der Waals surface area contributed by atoms with Crippen LogP contribution in [0.5, 0.6) is 5.88 Å². The Labute approximate surface area is 216 Å². The third kappa shape index (κ3) is 7.28. The number of amides is 1. The Morgan fingerprint density at radius 2 is 1.92 bits per heavy atom. The summed E-state index contributed by atoms with van der Waals surface area (Å²) in [5.41, 5.74) is -0.299. The first kappa shape index (κ1) is 27.5. The molecule has 4 heterocycles. The molecule has 9 nitrogen and oxygen atoms in total. The number of alkyl halides is 6. The Kier molecular flexibility index (Phi) is 8.01. The number of likely N-dealkylation sites (tertiary alicyclic amines) is 1. The quantitative estimate of drug-likeness (QED) is 0.386. The molecule has 3 aromatic heterocycles. The SMILES string of the molecule is Cc1nsc(Nc2cnc(C(F)(F)F)cn2)c1C(=O)Nc1ccc(O[C@@H]2CCCN(CC(F)(F)F)C2)nc1. The van der Waals surface area contributed by atoms with Gasteiger partial charge in [0.15, 0.2) is 5.69 Å². The van der Waals surface area contributed by atoms with Crippen LogP contribution in [0.2, 0.25) is 0 Å². The highest BCUT2D eigenvalue weighted by molar-refractivity contribution is 7.10. The number of carbonyl (C=O) groups is 1. The Bertz CT molecular complexity index is 1250. The van der Waals surface area contributed by atoms with Crippen LogP contribution in [0.3, 0.4) is 0 Å². The molecular weight excluding hydrogens is 540 g/mol. The number of rotatable bonds is 7. The summed E-state index contributed by atoms with van der Waals surface area (Å²) in [7, 11) is 0. The molecule has 204 valence electrons. The van der Waals surface area contributed by atoms with E-state index in [1.807, 2.05) is 0 Å². The van der Waals surface area contributed by atoms with Gasteiger partial charge in [0.05, 0.1) is 42.1 Å². The zero-order chi connectivity index (χ0) is 27.5. The Balaban J connectivity index is 1.37. The number of aryl methyl sites for hydroxylation is 1. The van der Waals surface area contributed by atoms with E-state index in [9.17, 15) is 31.1 Å². The lowest BCUT2D eigenvalue weighted by atomic mass is 10.1. The molecule has 0 aromatic carbocycles. The van der Waals surface area contributed by atoms with Crippen LogP contribution >= 0.6 is 11.5 Å². The number of aromatic nitrogens is 4. The minimum Gasteiger partial charge on any atom is -0.473 e. The molecule has 0 radical (unpaired) electrons. The van der Waals surface area contributed by atoms with Crippen molar-refractivity contribution in [2.45, 2.75) is 38.2 Å². The number of pyridine rings is 1. The van der Waals surface area contributed by atoms with Crippen molar-refractivity contribution in [2.24, 2.45) is 0 Å². The van der Waals surface area contributed by atoms with Crippen LogP contribution in [-0.2, 0) is 6.18 Å². The summed E-state index contributed by atoms with van der Waals surface area (Å²) in [6.45, 7) is 1.07. The molecule has 4 rings (SSSR count). The molecule has 16 heteroatoms. The van der Waals surface area contributed by atoms with Gasteiger partial charge in [-0.1, -0.05) is 0 Å². The summed E-state index contributed by atoms with van der Waals surface area (Å²) in [5, 5.41) is 5.66. The van der Waals surface area contributed by atoms with Gasteiger partial charge in [-0.3, -0.25) is 9.69 Å². The van der Waals surface area contributed by atoms with Crippen molar-refractivity contribution in [3.8, 4) is 5.88 Å². The van der Waals surface area contributed by atoms with E-state index in [2.05, 4.69) is 30.0 Å². The van der Waals surface area contributed by atoms with Gasteiger partial charge in [0.2, 0.25) is 5.88 Å². The number of ether oxygens (including phenoxy) is 1. The third-order valence-corrected chi connectivity index (χ3v) is 6.27. The van der Waals surface area contributed by atoms with E-state index in [0.717, 1.165) is 17.7 Å². The second-order valence-corrected chi connectivity index (χ2v) is 9.23. The fourth-order valence-corrected chi connectivity index (χ4v) is 4.57. The average molecular weight is 562 g/mol. The van der Waals surface area contributed by atoms with Gasteiger partial charge in [-0.2, -0.15) is 30.7 Å². The van der Waals surface area contributed by atoms with E-state index >= 15 is 0 Å². The predicted molar refractivity (Wildman–Crippen MR) is 126 cm³/mol. The summed E-state index contributed by atoms with van der Waals surface area (Å²) in [5.74, 6) is -0.349. The van der Waals surface area contributed by atoms with Gasteiger partial charge >= 0.3 is 12.4 Å². The van der Waals surface area contributed by atoms with Gasteiger partial charge < -0.3 is 15.4 Å². The standard InChI is InChI=1S/C22H21F6N7O2S/c1-12-18(20(38-34-12)33-16-9-29-15(8-30-16)22(26,27)28)19(36)32-13-4-5-17(31-7-13)37-14-3-2-6-35(10-14)11-21(23,24)25/h4-5,7-9,14H,2-3,6,10-11H2,1H3,(H,30,33)(H,32,36)/t14-/m1/s1. The normalized spacial score (nSPS) is 16.8. The summed E-state index contributed by atoms with van der Waals surface area (Å²) >= 11 is 0.923. The van der Waals surface area contributed by atoms with E-state index in [1.54, 1.807) is 6.92 Å². The molecule has 1 aliphatic rings. The van der Waals surface area contributed by atoms with E-state index in [-0.39, 0.29) is 28.8 Å². The van der Waals surface area contributed by atoms with Gasteiger partial charge in [-0.15, -0.1) is 0 Å². The van der Waals surface area contributed by atoms with Crippen LogP contribution in [0.15, 0.2) is 30.7 Å². The molecule has 1 fully saturated rings. The fraction of sp³-hybridized carbons (Fsp3) is 0.409. The zero-order valence-corrected chi connectivity index (χ0v) is 20.5. The molecule has 38 heavy (non-hydrogen) atoms. The number of nitrogens with one attached hydrogen (secondary N) is 2. The van der Waals surface area contributed by atoms with E-state index in [4.69, 9.17) is 4.74 Å². The molecule has 0 spiro atoms. The maximum atomic E-state index is 12.9. The minimum absolute atomic E-state index is 0.00428. The zero-order valence-electron chi connectivity index (χ0n) is 19.7. The first-order valence-electron chi connectivity index (χ1n) is 11.2. The number of piperidine rings is 1. The monoisotopic (exact) mass is 561 g/mol. The van der Waals surface area contributed by atoms with Gasteiger partial charge in [-0.05, 0) is 43.9 Å². The lowest BCUT2D eigenvalue weighted by Gasteiger charge is -2.32. The molecule has 1 atom stereocenters. The summed E-state index contributed by atoms with van der Waals surface area (Å²) < 4.78 is 86.0. The number of nitrogens with zero attached hydrogens (tertiary/aromatic N) is 5. The van der Waals surface area contributed by atoms with Crippen molar-refractivity contribution in [1.82, 2.24) is 24.2 Å². The van der Waals surface area contributed by atoms with Crippen LogP contribution < -0.4 is 15.4 Å². The topological polar surface area (TPSA) is 105 Å². The fourth-order valence-electron chi connectivity index (χ4n) is 3.77. The molecule has 1 aliphatic heterocycles. The smallest absolute Gasteiger partial charge is 0.434 e. The van der Waals surface area contributed by atoms with Crippen LogP contribution in [0, 0.1) is 6.92 Å². The van der Waals surface area contributed by atoms with Gasteiger partial charge in [0.1, 0.15) is 16.9 Å². The number of hydrogen-bond acceptors (Lipinski definition) is 9. The van der Waals surface area contributed by atoms with Crippen LogP contribution in [0.25, 0.3) is 0 Å². The van der Waals surface area contributed by atoms with E-state index < -0.39 is 36.6 Å². The molecule has 1 saturated heterocycles. The van der Waals surface area contributed by atoms with Crippen molar-refractivity contribution in [3.05, 3.63) is 47.7 Å². The second kappa shape index (κ2) is 11.1.